The van der Waals surface area contributed by atoms with E-state index in [1.165, 1.54) is 12.4 Å². The van der Waals surface area contributed by atoms with Crippen LogP contribution >= 0.6 is 0 Å². The van der Waals surface area contributed by atoms with E-state index in [1.54, 1.807) is 12.1 Å². The Bertz CT molecular complexity index is 1160. The number of nitriles is 1. The van der Waals surface area contributed by atoms with Crippen molar-refractivity contribution in [3.8, 4) is 17.3 Å². The summed E-state index contributed by atoms with van der Waals surface area (Å²) < 4.78 is 28.5. The molecule has 0 aliphatic heterocycles. The second-order valence-corrected chi connectivity index (χ2v) is 4.90. The average molecular weight is 288 g/mol. The number of hydrogen-bond donors (Lipinski definition) is 0. The van der Waals surface area contributed by atoms with E-state index in [-0.39, 0.29) is 5.69 Å². The number of fused-ring (bicyclic) bond motifs is 3. The lowest BCUT2D eigenvalue weighted by atomic mass is 10.1. The van der Waals surface area contributed by atoms with Crippen molar-refractivity contribution in [3.05, 3.63) is 60.0 Å². The number of furan rings is 1. The van der Waals surface area contributed by atoms with E-state index in [0.29, 0.717) is 28.0 Å². The monoisotopic (exact) mass is 288 g/mol. The lowest BCUT2D eigenvalue weighted by molar-refractivity contribution is 0.669. The highest BCUT2D eigenvalue weighted by Gasteiger charge is 2.13. The Morgan fingerprint density at radius 1 is 1.14 bits per heavy atom. The van der Waals surface area contributed by atoms with Crippen molar-refractivity contribution >= 4 is 21.9 Å². The van der Waals surface area contributed by atoms with Gasteiger partial charge in [0.2, 0.25) is 0 Å². The number of rotatable bonds is 1. The first-order chi connectivity index (χ1) is 12.0. The maximum absolute atomic E-state index is 9.05. The fourth-order valence-corrected chi connectivity index (χ4v) is 2.57. The SMILES string of the molecule is [2H]C([2H])([2H])c1cc(-c2cccc3c2oc2cc(C#N)ccc23)ncn1. The number of hydrogen-bond acceptors (Lipinski definition) is 4. The summed E-state index contributed by atoms with van der Waals surface area (Å²) in [6.45, 7) is -2.30. The average Bonchev–Trinajstić information content (AvgIpc) is 2.98. The highest BCUT2D eigenvalue weighted by molar-refractivity contribution is 6.09. The fraction of sp³-hybridized carbons (Fsp3) is 0.0556. The molecule has 2 heterocycles. The lowest BCUT2D eigenvalue weighted by Gasteiger charge is -2.02. The second-order valence-electron chi connectivity index (χ2n) is 4.90. The third-order valence-electron chi connectivity index (χ3n) is 3.57. The maximum atomic E-state index is 9.05. The van der Waals surface area contributed by atoms with Crippen molar-refractivity contribution in [2.45, 2.75) is 6.85 Å². The maximum Gasteiger partial charge on any atom is 0.144 e. The molecule has 4 nitrogen and oxygen atoms in total. The van der Waals surface area contributed by atoms with E-state index in [0.717, 1.165) is 10.8 Å². The van der Waals surface area contributed by atoms with Gasteiger partial charge >= 0.3 is 0 Å². The number of aryl methyl sites for hydroxylation is 1. The minimum absolute atomic E-state index is 0.0163. The molecule has 0 amide bonds. The molecule has 4 heteroatoms. The van der Waals surface area contributed by atoms with Gasteiger partial charge in [0, 0.05) is 26.1 Å². The largest absolute Gasteiger partial charge is 0.455 e. The van der Waals surface area contributed by atoms with Crippen LogP contribution in [0.15, 0.2) is 53.2 Å². The molecule has 0 saturated carbocycles. The van der Waals surface area contributed by atoms with Crippen LogP contribution in [0, 0.1) is 18.2 Å². The Morgan fingerprint density at radius 3 is 2.95 bits per heavy atom. The predicted molar refractivity (Wildman–Crippen MR) is 84.2 cm³/mol. The molecule has 2 aromatic carbocycles. The van der Waals surface area contributed by atoms with Gasteiger partial charge in [-0.1, -0.05) is 12.1 Å². The molecule has 0 aliphatic rings. The van der Waals surface area contributed by atoms with Gasteiger partial charge in [-0.3, -0.25) is 0 Å². The molecular formula is C18H11N3O. The molecule has 0 bridgehead atoms. The van der Waals surface area contributed by atoms with Crippen LogP contribution in [0.25, 0.3) is 33.2 Å². The van der Waals surface area contributed by atoms with Gasteiger partial charge in [-0.25, -0.2) is 9.97 Å². The summed E-state index contributed by atoms with van der Waals surface area (Å²) in [4.78, 5) is 8.05. The highest BCUT2D eigenvalue weighted by Crippen LogP contribution is 2.35. The van der Waals surface area contributed by atoms with Crippen LogP contribution < -0.4 is 0 Å². The van der Waals surface area contributed by atoms with E-state index in [4.69, 9.17) is 13.8 Å². The molecule has 0 atom stereocenters. The Kier molecular flexibility index (Phi) is 2.06. The van der Waals surface area contributed by atoms with Gasteiger partial charge < -0.3 is 4.42 Å². The molecule has 2 aromatic heterocycles. The van der Waals surface area contributed by atoms with Crippen LogP contribution in [0.2, 0.25) is 0 Å². The van der Waals surface area contributed by atoms with Gasteiger partial charge in [-0.15, -0.1) is 0 Å². The first-order valence-electron chi connectivity index (χ1n) is 8.15. The smallest absolute Gasteiger partial charge is 0.144 e. The van der Waals surface area contributed by atoms with Gasteiger partial charge in [0.25, 0.3) is 0 Å². The van der Waals surface area contributed by atoms with Crippen LogP contribution in [-0.4, -0.2) is 9.97 Å². The summed E-state index contributed by atoms with van der Waals surface area (Å²) in [7, 11) is 0. The molecule has 0 N–H and O–H groups in total. The molecular weight excluding hydrogens is 274 g/mol. The second kappa shape index (κ2) is 4.68. The van der Waals surface area contributed by atoms with Crippen LogP contribution in [0.4, 0.5) is 0 Å². The van der Waals surface area contributed by atoms with Crippen LogP contribution in [-0.2, 0) is 0 Å². The Labute approximate surface area is 130 Å². The van der Waals surface area contributed by atoms with Gasteiger partial charge in [-0.05, 0) is 37.2 Å². The van der Waals surface area contributed by atoms with E-state index >= 15 is 0 Å². The van der Waals surface area contributed by atoms with Crippen molar-refractivity contribution in [1.82, 2.24) is 9.97 Å². The normalized spacial score (nSPS) is 13.5. The number of benzene rings is 2. The lowest BCUT2D eigenvalue weighted by Crippen LogP contribution is -1.88. The number of aromatic nitrogens is 2. The van der Waals surface area contributed by atoms with Gasteiger partial charge in [0.1, 0.15) is 17.5 Å². The van der Waals surface area contributed by atoms with E-state index in [1.807, 2.05) is 24.3 Å². The first-order valence-corrected chi connectivity index (χ1v) is 6.65. The van der Waals surface area contributed by atoms with Gasteiger partial charge in [0.05, 0.1) is 17.3 Å². The molecule has 104 valence electrons. The van der Waals surface area contributed by atoms with Gasteiger partial charge in [-0.2, -0.15) is 5.26 Å². The van der Waals surface area contributed by atoms with Crippen molar-refractivity contribution in [3.63, 3.8) is 0 Å². The van der Waals surface area contributed by atoms with Crippen molar-refractivity contribution < 1.29 is 8.53 Å². The molecule has 22 heavy (non-hydrogen) atoms. The first kappa shape index (κ1) is 9.69. The Hall–Kier alpha value is -3.19. The molecule has 0 aliphatic carbocycles. The summed E-state index contributed by atoms with van der Waals surface area (Å²) in [6, 6.07) is 14.4. The zero-order valence-corrected chi connectivity index (χ0v) is 11.4. The number of nitrogens with zero attached hydrogens (tertiary/aromatic N) is 3. The van der Waals surface area contributed by atoms with Gasteiger partial charge in [0.15, 0.2) is 0 Å². The zero-order valence-electron chi connectivity index (χ0n) is 14.4. The van der Waals surface area contributed by atoms with Crippen LogP contribution in [0.1, 0.15) is 15.4 Å². The summed E-state index contributed by atoms with van der Waals surface area (Å²) >= 11 is 0. The van der Waals surface area contributed by atoms with E-state index in [9.17, 15) is 0 Å². The molecule has 0 spiro atoms. The van der Waals surface area contributed by atoms with Crippen LogP contribution in [0.3, 0.4) is 0 Å². The quantitative estimate of drug-likeness (QED) is 0.526. The topological polar surface area (TPSA) is 62.7 Å². The van der Waals surface area contributed by atoms with E-state index in [2.05, 4.69) is 16.0 Å². The van der Waals surface area contributed by atoms with Crippen molar-refractivity contribution in [1.29, 1.82) is 5.26 Å². The Morgan fingerprint density at radius 2 is 2.09 bits per heavy atom. The molecule has 0 radical (unpaired) electrons. The molecule has 4 rings (SSSR count). The summed E-state index contributed by atoms with van der Waals surface area (Å²) in [5.41, 5.74) is 2.86. The number of para-hydroxylation sites is 1. The predicted octanol–water partition coefficient (Wildman–Crippen LogP) is 4.22. The van der Waals surface area contributed by atoms with E-state index < -0.39 is 6.85 Å². The van der Waals surface area contributed by atoms with Crippen molar-refractivity contribution in [2.24, 2.45) is 0 Å². The molecule has 0 saturated heterocycles. The summed E-state index contributed by atoms with van der Waals surface area (Å²) in [5.74, 6) is 0. The summed E-state index contributed by atoms with van der Waals surface area (Å²) in [5, 5.41) is 10.8. The minimum Gasteiger partial charge on any atom is -0.455 e. The standard InChI is InChI=1S/C18H11N3O/c1-11-7-16(21-10-20-11)15-4-2-3-14-13-6-5-12(9-19)8-17(13)22-18(14)15/h2-8,10H,1H3/i1D3. The molecule has 0 fully saturated rings. The molecule has 4 aromatic rings. The highest BCUT2D eigenvalue weighted by atomic mass is 16.3. The zero-order chi connectivity index (χ0) is 17.6. The fourth-order valence-electron chi connectivity index (χ4n) is 2.57. The third kappa shape index (κ3) is 1.84. The third-order valence-corrected chi connectivity index (χ3v) is 3.57. The van der Waals surface area contributed by atoms with Crippen molar-refractivity contribution in [2.75, 3.05) is 0 Å². The van der Waals surface area contributed by atoms with Crippen LogP contribution in [0.5, 0.6) is 0 Å². The molecule has 0 unspecified atom stereocenters. The summed E-state index contributed by atoms with van der Waals surface area (Å²) in [6.07, 6.45) is 1.24. The Balaban J connectivity index is 1.98. The minimum atomic E-state index is -2.30.